The Morgan fingerprint density at radius 3 is 2.79 bits per heavy atom. The Morgan fingerprint density at radius 1 is 1.21 bits per heavy atom. The van der Waals surface area contributed by atoms with E-state index < -0.39 is 5.82 Å². The van der Waals surface area contributed by atoms with Crippen LogP contribution in [0.4, 0.5) is 10.1 Å². The standard InChI is InChI=1S/C22H21FN4O2/c1-14-5-3-4-10-27(14)19-9-7-16(11-17(19)13-24)22-25-21(26-29-22)15-6-8-18(23)20(12-15)28-2/h6-9,11-12,14H,3-5,10H2,1-2H3. The van der Waals surface area contributed by atoms with E-state index >= 15 is 0 Å². The predicted octanol–water partition coefficient (Wildman–Crippen LogP) is 4.80. The number of hydrogen-bond acceptors (Lipinski definition) is 6. The van der Waals surface area contributed by atoms with E-state index in [0.29, 0.717) is 34.4 Å². The lowest BCUT2D eigenvalue weighted by atomic mass is 10.0. The fourth-order valence-corrected chi connectivity index (χ4v) is 3.72. The molecule has 3 aromatic rings. The minimum atomic E-state index is -0.457. The Balaban J connectivity index is 1.65. The minimum Gasteiger partial charge on any atom is -0.494 e. The normalized spacial score (nSPS) is 16.5. The molecule has 0 aliphatic carbocycles. The van der Waals surface area contributed by atoms with Gasteiger partial charge in [0.05, 0.1) is 18.4 Å². The summed E-state index contributed by atoms with van der Waals surface area (Å²) in [6.07, 6.45) is 3.47. The summed E-state index contributed by atoms with van der Waals surface area (Å²) in [6, 6.07) is 12.7. The minimum absolute atomic E-state index is 0.112. The molecule has 4 rings (SSSR count). The number of rotatable bonds is 4. The number of hydrogen-bond donors (Lipinski definition) is 0. The number of methoxy groups -OCH3 is 1. The molecule has 0 amide bonds. The molecule has 0 bridgehead atoms. The summed E-state index contributed by atoms with van der Waals surface area (Å²) in [4.78, 5) is 6.70. The quantitative estimate of drug-likeness (QED) is 0.635. The maximum absolute atomic E-state index is 13.6. The topological polar surface area (TPSA) is 75.2 Å². The first kappa shape index (κ1) is 18.9. The largest absolute Gasteiger partial charge is 0.494 e. The van der Waals surface area contributed by atoms with Crippen LogP contribution in [0.25, 0.3) is 22.8 Å². The van der Waals surface area contributed by atoms with E-state index in [4.69, 9.17) is 9.26 Å². The maximum Gasteiger partial charge on any atom is 0.258 e. The van der Waals surface area contributed by atoms with Crippen LogP contribution in [0.3, 0.4) is 0 Å². The van der Waals surface area contributed by atoms with Crippen molar-refractivity contribution < 1.29 is 13.7 Å². The van der Waals surface area contributed by atoms with Crippen molar-refractivity contribution in [2.45, 2.75) is 32.2 Å². The Labute approximate surface area is 168 Å². The van der Waals surface area contributed by atoms with Crippen molar-refractivity contribution in [1.29, 1.82) is 5.26 Å². The van der Waals surface area contributed by atoms with Crippen LogP contribution in [0.2, 0.25) is 0 Å². The summed E-state index contributed by atoms with van der Waals surface area (Å²) in [6.45, 7) is 3.14. The van der Waals surface area contributed by atoms with Crippen LogP contribution in [-0.2, 0) is 0 Å². The molecule has 2 heterocycles. The number of nitrogens with zero attached hydrogens (tertiary/aromatic N) is 4. The van der Waals surface area contributed by atoms with E-state index in [2.05, 4.69) is 28.0 Å². The van der Waals surface area contributed by atoms with Gasteiger partial charge in [-0.15, -0.1) is 0 Å². The molecule has 1 aliphatic rings. The molecular formula is C22H21FN4O2. The number of halogens is 1. The monoisotopic (exact) mass is 392 g/mol. The number of anilines is 1. The van der Waals surface area contributed by atoms with Crippen molar-refractivity contribution in [3.05, 3.63) is 47.8 Å². The summed E-state index contributed by atoms with van der Waals surface area (Å²) in [5.41, 5.74) is 2.77. The van der Waals surface area contributed by atoms with Crippen molar-refractivity contribution in [2.24, 2.45) is 0 Å². The van der Waals surface area contributed by atoms with Crippen LogP contribution in [-0.4, -0.2) is 29.8 Å². The third-order valence-corrected chi connectivity index (χ3v) is 5.31. The zero-order valence-corrected chi connectivity index (χ0v) is 16.4. The lowest BCUT2D eigenvalue weighted by molar-refractivity contribution is 0.386. The molecule has 148 valence electrons. The van der Waals surface area contributed by atoms with Crippen LogP contribution in [0, 0.1) is 17.1 Å². The molecule has 1 unspecified atom stereocenters. The molecule has 1 aromatic heterocycles. The smallest absolute Gasteiger partial charge is 0.258 e. The maximum atomic E-state index is 13.6. The summed E-state index contributed by atoms with van der Waals surface area (Å²) in [5, 5.41) is 13.7. The Bertz CT molecular complexity index is 1070. The zero-order valence-electron chi connectivity index (χ0n) is 16.4. The summed E-state index contributed by atoms with van der Waals surface area (Å²) in [7, 11) is 1.40. The predicted molar refractivity (Wildman–Crippen MR) is 107 cm³/mol. The highest BCUT2D eigenvalue weighted by atomic mass is 19.1. The van der Waals surface area contributed by atoms with E-state index in [1.54, 1.807) is 12.1 Å². The highest BCUT2D eigenvalue weighted by Gasteiger charge is 2.22. The van der Waals surface area contributed by atoms with Gasteiger partial charge in [0.25, 0.3) is 5.89 Å². The van der Waals surface area contributed by atoms with Gasteiger partial charge in [0.1, 0.15) is 6.07 Å². The van der Waals surface area contributed by atoms with E-state index in [1.807, 2.05) is 12.1 Å². The SMILES string of the molecule is COc1cc(-c2noc(-c3ccc(N4CCCCC4C)c(C#N)c3)n2)ccc1F. The van der Waals surface area contributed by atoms with Gasteiger partial charge in [-0.25, -0.2) is 4.39 Å². The molecule has 0 spiro atoms. The average Bonchev–Trinajstić information content (AvgIpc) is 3.24. The fourth-order valence-electron chi connectivity index (χ4n) is 3.72. The molecule has 0 radical (unpaired) electrons. The first-order valence-electron chi connectivity index (χ1n) is 9.59. The molecule has 2 aromatic carbocycles. The first-order valence-corrected chi connectivity index (χ1v) is 9.59. The highest BCUT2D eigenvalue weighted by Crippen LogP contribution is 2.32. The van der Waals surface area contributed by atoms with Gasteiger partial charge in [0.15, 0.2) is 11.6 Å². The summed E-state index contributed by atoms with van der Waals surface area (Å²) in [5.74, 6) is 0.283. The molecule has 7 heteroatoms. The molecular weight excluding hydrogens is 371 g/mol. The van der Waals surface area contributed by atoms with Crippen LogP contribution in [0.5, 0.6) is 5.75 Å². The van der Waals surface area contributed by atoms with Crippen molar-refractivity contribution in [2.75, 3.05) is 18.6 Å². The molecule has 0 saturated carbocycles. The molecule has 6 nitrogen and oxygen atoms in total. The Kier molecular flexibility index (Phi) is 5.17. The Hall–Kier alpha value is -3.40. The molecule has 1 atom stereocenters. The van der Waals surface area contributed by atoms with Gasteiger partial charge in [-0.1, -0.05) is 5.16 Å². The second-order valence-corrected chi connectivity index (χ2v) is 7.15. The lowest BCUT2D eigenvalue weighted by Crippen LogP contribution is -2.37. The van der Waals surface area contributed by atoms with Crippen LogP contribution < -0.4 is 9.64 Å². The molecule has 1 fully saturated rings. The van der Waals surface area contributed by atoms with Gasteiger partial charge in [0.2, 0.25) is 5.82 Å². The third-order valence-electron chi connectivity index (χ3n) is 5.31. The fraction of sp³-hybridized carbons (Fsp3) is 0.318. The summed E-state index contributed by atoms with van der Waals surface area (Å²) < 4.78 is 24.0. The van der Waals surface area contributed by atoms with E-state index in [9.17, 15) is 9.65 Å². The number of benzene rings is 2. The summed E-state index contributed by atoms with van der Waals surface area (Å²) >= 11 is 0. The van der Waals surface area contributed by atoms with Gasteiger partial charge in [-0.2, -0.15) is 10.2 Å². The Morgan fingerprint density at radius 2 is 2.03 bits per heavy atom. The van der Waals surface area contributed by atoms with Gasteiger partial charge < -0.3 is 14.2 Å². The second-order valence-electron chi connectivity index (χ2n) is 7.15. The molecule has 29 heavy (non-hydrogen) atoms. The zero-order chi connectivity index (χ0) is 20.4. The number of nitriles is 1. The van der Waals surface area contributed by atoms with Crippen molar-refractivity contribution in [3.8, 4) is 34.7 Å². The van der Waals surface area contributed by atoms with Crippen molar-refractivity contribution >= 4 is 5.69 Å². The van der Waals surface area contributed by atoms with E-state index in [0.717, 1.165) is 25.1 Å². The van der Waals surface area contributed by atoms with Gasteiger partial charge in [-0.3, -0.25) is 0 Å². The van der Waals surface area contributed by atoms with E-state index in [-0.39, 0.29) is 5.75 Å². The number of ether oxygens (including phenoxy) is 1. The van der Waals surface area contributed by atoms with E-state index in [1.165, 1.54) is 25.7 Å². The lowest BCUT2D eigenvalue weighted by Gasteiger charge is -2.36. The van der Waals surface area contributed by atoms with Gasteiger partial charge >= 0.3 is 0 Å². The number of aromatic nitrogens is 2. The van der Waals surface area contributed by atoms with Gasteiger partial charge in [0, 0.05) is 23.7 Å². The first-order chi connectivity index (χ1) is 14.1. The molecule has 0 N–H and O–H groups in total. The van der Waals surface area contributed by atoms with Crippen molar-refractivity contribution in [3.63, 3.8) is 0 Å². The molecule has 1 saturated heterocycles. The molecule has 1 aliphatic heterocycles. The third kappa shape index (κ3) is 3.66. The highest BCUT2D eigenvalue weighted by molar-refractivity contribution is 5.69. The average molecular weight is 392 g/mol. The van der Waals surface area contributed by atoms with Crippen LogP contribution in [0.1, 0.15) is 31.7 Å². The van der Waals surface area contributed by atoms with Crippen LogP contribution >= 0.6 is 0 Å². The van der Waals surface area contributed by atoms with Gasteiger partial charge in [-0.05, 0) is 62.6 Å². The second kappa shape index (κ2) is 7.92. The van der Waals surface area contributed by atoms with Crippen LogP contribution in [0.15, 0.2) is 40.9 Å². The van der Waals surface area contributed by atoms with Crippen molar-refractivity contribution in [1.82, 2.24) is 10.1 Å². The number of piperidine rings is 1.